The fraction of sp³-hybridized carbons (Fsp3) is 0.893. The number of aliphatic hydroxyl groups is 5. The van der Waals surface area contributed by atoms with Crippen molar-refractivity contribution in [1.82, 2.24) is 5.32 Å². The Balaban J connectivity index is 1.84. The molecule has 8 N–H and O–H groups in total. The molecule has 3 saturated heterocycles. The molecule has 0 spiro atoms. The van der Waals surface area contributed by atoms with Gasteiger partial charge in [-0.25, -0.2) is 0 Å². The molecule has 0 aromatic heterocycles. The minimum Gasteiger partial charge on any atom is -0.393 e. The van der Waals surface area contributed by atoms with Crippen molar-refractivity contribution in [3.05, 3.63) is 12.2 Å². The Bertz CT molecular complexity index is 840. The molecule has 1 amide bonds. The lowest BCUT2D eigenvalue weighted by Crippen LogP contribution is -2.62. The van der Waals surface area contributed by atoms with E-state index >= 15 is 0 Å². The van der Waals surface area contributed by atoms with Gasteiger partial charge in [-0.15, -0.1) is 0 Å². The molecule has 0 radical (unpaired) electrons. The number of amides is 1. The summed E-state index contributed by atoms with van der Waals surface area (Å²) in [5, 5.41) is 56.6. The predicted octanol–water partition coefficient (Wildman–Crippen LogP) is -0.465. The zero-order valence-electron chi connectivity index (χ0n) is 24.3. The van der Waals surface area contributed by atoms with Crippen molar-refractivity contribution in [2.75, 3.05) is 13.2 Å². The second-order valence-electron chi connectivity index (χ2n) is 12.2. The monoisotopic (exact) mass is 574 g/mol. The van der Waals surface area contributed by atoms with E-state index in [1.54, 1.807) is 13.0 Å². The van der Waals surface area contributed by atoms with Crippen molar-refractivity contribution >= 4 is 5.91 Å². The highest BCUT2D eigenvalue weighted by atomic mass is 16.7. The number of carbonyl (C=O) groups is 1. The highest BCUT2D eigenvalue weighted by Crippen LogP contribution is 2.38. The quantitative estimate of drug-likeness (QED) is 0.149. The number of nitrogens with two attached hydrogens (primary N) is 1. The minimum atomic E-state index is -1.88. The lowest BCUT2D eigenvalue weighted by Gasteiger charge is -2.46. The van der Waals surface area contributed by atoms with Gasteiger partial charge in [0.2, 0.25) is 5.91 Å². The number of carbonyl (C=O) groups excluding carboxylic acids is 1. The van der Waals surface area contributed by atoms with Crippen LogP contribution in [-0.2, 0) is 23.7 Å². The van der Waals surface area contributed by atoms with E-state index in [1.165, 1.54) is 0 Å². The average Bonchev–Trinajstić information content (AvgIpc) is 2.82. The van der Waals surface area contributed by atoms with Gasteiger partial charge < -0.3 is 55.5 Å². The average molecular weight is 575 g/mol. The third kappa shape index (κ3) is 8.66. The maximum absolute atomic E-state index is 13.3. The molecule has 6 unspecified atom stereocenters. The van der Waals surface area contributed by atoms with E-state index in [-0.39, 0.29) is 37.2 Å². The van der Waals surface area contributed by atoms with Crippen molar-refractivity contribution in [2.45, 2.75) is 127 Å². The summed E-state index contributed by atoms with van der Waals surface area (Å²) in [6.45, 7) is 10.1. The first-order valence-electron chi connectivity index (χ1n) is 14.5. The second-order valence-corrected chi connectivity index (χ2v) is 12.2. The SMILES string of the molecule is CC(C)/C=C/[C@@H](C[C@@H]1O[C@](O)(C[C@@H](O)C(C)C)C[C@H](O)[C@H]1C(=O)NCC1CCO1)OC1OC(C)C(O)C(N)C1O. The summed E-state index contributed by atoms with van der Waals surface area (Å²) in [5.74, 6) is -3.39. The zero-order chi connectivity index (χ0) is 29.8. The molecular weight excluding hydrogens is 524 g/mol. The van der Waals surface area contributed by atoms with E-state index in [1.807, 2.05) is 33.8 Å². The second kappa shape index (κ2) is 14.3. The first-order valence-corrected chi connectivity index (χ1v) is 14.5. The fourth-order valence-corrected chi connectivity index (χ4v) is 5.22. The molecule has 0 aliphatic carbocycles. The molecule has 40 heavy (non-hydrogen) atoms. The zero-order valence-corrected chi connectivity index (χ0v) is 24.3. The molecule has 12 heteroatoms. The van der Waals surface area contributed by atoms with Crippen LogP contribution < -0.4 is 11.1 Å². The number of allylic oxidation sites excluding steroid dienone is 1. The summed E-state index contributed by atoms with van der Waals surface area (Å²) >= 11 is 0. The number of hydrogen-bond donors (Lipinski definition) is 7. The van der Waals surface area contributed by atoms with Gasteiger partial charge in [-0.3, -0.25) is 4.79 Å². The molecule has 0 aromatic rings. The van der Waals surface area contributed by atoms with E-state index < -0.39 is 72.7 Å². The molecular formula is C28H50N2O10. The van der Waals surface area contributed by atoms with E-state index in [2.05, 4.69) is 5.32 Å². The first-order chi connectivity index (χ1) is 18.7. The van der Waals surface area contributed by atoms with Crippen LogP contribution in [0.15, 0.2) is 12.2 Å². The summed E-state index contributed by atoms with van der Waals surface area (Å²) in [6, 6.07) is -0.994. The Hall–Kier alpha value is -1.19. The maximum atomic E-state index is 13.3. The van der Waals surface area contributed by atoms with Gasteiger partial charge >= 0.3 is 0 Å². The van der Waals surface area contributed by atoms with Crippen molar-refractivity contribution in [3.63, 3.8) is 0 Å². The van der Waals surface area contributed by atoms with Crippen LogP contribution in [-0.4, -0.2) is 112 Å². The van der Waals surface area contributed by atoms with Crippen LogP contribution in [0.3, 0.4) is 0 Å². The summed E-state index contributed by atoms with van der Waals surface area (Å²) in [7, 11) is 0. The molecule has 12 nitrogen and oxygen atoms in total. The molecule has 3 aliphatic rings. The van der Waals surface area contributed by atoms with Gasteiger partial charge in [0.25, 0.3) is 0 Å². The van der Waals surface area contributed by atoms with Gasteiger partial charge in [0, 0.05) is 32.4 Å². The third-order valence-corrected chi connectivity index (χ3v) is 7.99. The molecule has 3 heterocycles. The van der Waals surface area contributed by atoms with Gasteiger partial charge in [0.15, 0.2) is 12.1 Å². The van der Waals surface area contributed by atoms with Crippen molar-refractivity contribution < 1.29 is 49.3 Å². The lowest BCUT2D eigenvalue weighted by atomic mass is 9.81. The fourth-order valence-electron chi connectivity index (χ4n) is 5.22. The smallest absolute Gasteiger partial charge is 0.228 e. The number of rotatable bonds is 12. The van der Waals surface area contributed by atoms with E-state index in [4.69, 9.17) is 24.7 Å². The molecule has 3 fully saturated rings. The van der Waals surface area contributed by atoms with Crippen LogP contribution in [0, 0.1) is 17.8 Å². The molecule has 0 aromatic carbocycles. The van der Waals surface area contributed by atoms with E-state index in [0.29, 0.717) is 13.2 Å². The minimum absolute atomic E-state index is 0.0110. The Morgan fingerprint density at radius 2 is 1.85 bits per heavy atom. The summed E-state index contributed by atoms with van der Waals surface area (Å²) in [6.07, 6.45) is -4.23. The largest absolute Gasteiger partial charge is 0.393 e. The Morgan fingerprint density at radius 1 is 1.18 bits per heavy atom. The number of hydrogen-bond acceptors (Lipinski definition) is 11. The highest BCUT2D eigenvalue weighted by molar-refractivity contribution is 5.80. The first kappa shape index (κ1) is 33.3. The van der Waals surface area contributed by atoms with Crippen molar-refractivity contribution in [3.8, 4) is 0 Å². The molecule has 232 valence electrons. The summed E-state index contributed by atoms with van der Waals surface area (Å²) < 4.78 is 23.3. The van der Waals surface area contributed by atoms with Gasteiger partial charge in [-0.05, 0) is 25.2 Å². The van der Waals surface area contributed by atoms with Crippen LogP contribution in [0.25, 0.3) is 0 Å². The van der Waals surface area contributed by atoms with Crippen LogP contribution in [0.4, 0.5) is 0 Å². The molecule has 12 atom stereocenters. The topological polar surface area (TPSA) is 193 Å². The van der Waals surface area contributed by atoms with Crippen molar-refractivity contribution in [1.29, 1.82) is 0 Å². The molecule has 3 rings (SSSR count). The normalized spacial score (nSPS) is 40.3. The van der Waals surface area contributed by atoms with Gasteiger partial charge in [0.05, 0.1) is 54.7 Å². The molecule has 0 bridgehead atoms. The van der Waals surface area contributed by atoms with Gasteiger partial charge in [-0.2, -0.15) is 0 Å². The van der Waals surface area contributed by atoms with Crippen LogP contribution in [0.2, 0.25) is 0 Å². The van der Waals surface area contributed by atoms with Gasteiger partial charge in [-0.1, -0.05) is 39.8 Å². The Morgan fingerprint density at radius 3 is 2.42 bits per heavy atom. The van der Waals surface area contributed by atoms with Crippen LogP contribution >= 0.6 is 0 Å². The Labute approximate surface area is 236 Å². The van der Waals surface area contributed by atoms with Crippen LogP contribution in [0.5, 0.6) is 0 Å². The predicted molar refractivity (Wildman–Crippen MR) is 145 cm³/mol. The molecule has 0 saturated carbocycles. The summed E-state index contributed by atoms with van der Waals surface area (Å²) in [4.78, 5) is 13.3. The third-order valence-electron chi connectivity index (χ3n) is 7.99. The lowest BCUT2D eigenvalue weighted by molar-refractivity contribution is -0.307. The van der Waals surface area contributed by atoms with Gasteiger partial charge in [0.1, 0.15) is 6.10 Å². The Kier molecular flexibility index (Phi) is 11.9. The number of ether oxygens (including phenoxy) is 4. The summed E-state index contributed by atoms with van der Waals surface area (Å²) in [5.41, 5.74) is 5.99. The number of nitrogens with one attached hydrogen (secondary N) is 1. The maximum Gasteiger partial charge on any atom is 0.228 e. The highest BCUT2D eigenvalue weighted by Gasteiger charge is 2.50. The van der Waals surface area contributed by atoms with E-state index in [0.717, 1.165) is 6.42 Å². The van der Waals surface area contributed by atoms with E-state index in [9.17, 15) is 30.3 Å². The standard InChI is InChI=1S/C28H50N2O10/c1-14(2)6-7-17(39-27-25(34)23(29)24(33)16(5)38-27)10-21-22(26(35)30-13-18-8-9-37-18)20(32)12-28(36,40-21)11-19(31)15(3)4/h6-7,14-25,27,31-34,36H,8-13,29H2,1-5H3,(H,30,35)/b7-6+/t16?,17-,18?,19+,20-,21-,22+,23?,24?,25?,27?,28+/m0/s1. The molecule has 3 aliphatic heterocycles. The van der Waals surface area contributed by atoms with Crippen LogP contribution in [0.1, 0.15) is 60.3 Å². The van der Waals surface area contributed by atoms with Crippen molar-refractivity contribution in [2.24, 2.45) is 23.5 Å². The number of aliphatic hydroxyl groups excluding tert-OH is 4.